The fraction of sp³-hybridized carbons (Fsp3) is 0.647. The Bertz CT molecular complexity index is 713. The highest BCUT2D eigenvalue weighted by atomic mass is 16.2. The van der Waals surface area contributed by atoms with E-state index in [0.717, 1.165) is 55.1 Å². The zero-order valence-corrected chi connectivity index (χ0v) is 14.3. The van der Waals surface area contributed by atoms with Gasteiger partial charge in [-0.2, -0.15) is 10.1 Å². The first-order valence-corrected chi connectivity index (χ1v) is 8.53. The molecule has 3 heterocycles. The van der Waals surface area contributed by atoms with Crippen molar-refractivity contribution in [3.05, 3.63) is 22.8 Å². The minimum absolute atomic E-state index is 0.264. The van der Waals surface area contributed by atoms with Gasteiger partial charge in [-0.3, -0.25) is 4.79 Å². The molecule has 1 fully saturated rings. The zero-order chi connectivity index (χ0) is 16.4. The van der Waals surface area contributed by atoms with Crippen LogP contribution < -0.4 is 0 Å². The summed E-state index contributed by atoms with van der Waals surface area (Å²) in [4.78, 5) is 23.4. The number of aromatic nitrogens is 4. The largest absolute Gasteiger partial charge is 0.343 e. The molecule has 3 rings (SSSR count). The predicted molar refractivity (Wildman–Crippen MR) is 88.4 cm³/mol. The molecule has 0 aliphatic carbocycles. The summed E-state index contributed by atoms with van der Waals surface area (Å²) >= 11 is 0. The number of nitrogens with zero attached hydrogens (tertiary/aromatic N) is 5. The Hall–Kier alpha value is -1.98. The van der Waals surface area contributed by atoms with E-state index in [2.05, 4.69) is 15.1 Å². The monoisotopic (exact) mass is 315 g/mol. The lowest BCUT2D eigenvalue weighted by Gasteiger charge is -2.20. The van der Waals surface area contributed by atoms with E-state index in [1.54, 1.807) is 4.52 Å². The van der Waals surface area contributed by atoms with Crippen molar-refractivity contribution in [1.29, 1.82) is 0 Å². The molecule has 0 atom stereocenters. The molecule has 6 nitrogen and oxygen atoms in total. The second-order valence-corrected chi connectivity index (χ2v) is 6.43. The van der Waals surface area contributed by atoms with Crippen LogP contribution in [0.5, 0.6) is 0 Å². The van der Waals surface area contributed by atoms with E-state index in [-0.39, 0.29) is 5.91 Å². The topological polar surface area (TPSA) is 63.4 Å². The van der Waals surface area contributed by atoms with Crippen LogP contribution in [0.1, 0.15) is 54.9 Å². The first-order valence-electron chi connectivity index (χ1n) is 8.53. The maximum absolute atomic E-state index is 12.5. The molecule has 1 saturated heterocycles. The van der Waals surface area contributed by atoms with E-state index in [1.807, 2.05) is 25.7 Å². The highest BCUT2D eigenvalue weighted by Gasteiger charge is 2.18. The number of likely N-dealkylation sites (tertiary alicyclic amines) is 1. The third-order valence-corrected chi connectivity index (χ3v) is 4.70. The molecule has 0 aromatic carbocycles. The van der Waals surface area contributed by atoms with E-state index < -0.39 is 0 Å². The van der Waals surface area contributed by atoms with Gasteiger partial charge in [0.05, 0.1) is 0 Å². The summed E-state index contributed by atoms with van der Waals surface area (Å²) in [7, 11) is 0. The van der Waals surface area contributed by atoms with Gasteiger partial charge in [-0.15, -0.1) is 0 Å². The van der Waals surface area contributed by atoms with Crippen molar-refractivity contribution in [3.8, 4) is 0 Å². The van der Waals surface area contributed by atoms with Crippen molar-refractivity contribution in [1.82, 2.24) is 24.5 Å². The Morgan fingerprint density at radius 1 is 1.04 bits per heavy atom. The molecule has 1 amide bonds. The number of aryl methyl sites for hydroxylation is 3. The Kier molecular flexibility index (Phi) is 4.59. The predicted octanol–water partition coefficient (Wildman–Crippen LogP) is 2.38. The molecule has 0 radical (unpaired) electrons. The van der Waals surface area contributed by atoms with Crippen LogP contribution in [0.15, 0.2) is 0 Å². The second kappa shape index (κ2) is 6.64. The van der Waals surface area contributed by atoms with Crippen LogP contribution in [0, 0.1) is 20.8 Å². The molecule has 1 aliphatic rings. The lowest BCUT2D eigenvalue weighted by Crippen LogP contribution is -2.32. The van der Waals surface area contributed by atoms with Gasteiger partial charge in [0, 0.05) is 30.9 Å². The standard InChI is InChI=1S/C17H25N5O/c1-12-15(13(2)22-17(18-12)19-14(3)20-22)8-9-16(23)21-10-6-4-5-7-11-21/h4-11H2,1-3H3. The molecule has 0 saturated carbocycles. The third kappa shape index (κ3) is 3.35. The minimum Gasteiger partial charge on any atom is -0.343 e. The summed E-state index contributed by atoms with van der Waals surface area (Å²) in [6, 6.07) is 0. The molecule has 0 unspecified atom stereocenters. The number of fused-ring (bicyclic) bond motifs is 1. The van der Waals surface area contributed by atoms with Crippen LogP contribution >= 0.6 is 0 Å². The summed E-state index contributed by atoms with van der Waals surface area (Å²) in [6.07, 6.45) is 6.02. The molecule has 0 spiro atoms. The SMILES string of the molecule is Cc1nc2nc(C)c(CCC(=O)N3CCCCCC3)c(C)n2n1. The van der Waals surface area contributed by atoms with Crippen molar-refractivity contribution < 1.29 is 4.79 Å². The van der Waals surface area contributed by atoms with Gasteiger partial charge in [0.15, 0.2) is 0 Å². The van der Waals surface area contributed by atoms with E-state index in [4.69, 9.17) is 0 Å². The fourth-order valence-corrected chi connectivity index (χ4v) is 3.38. The highest BCUT2D eigenvalue weighted by molar-refractivity contribution is 5.76. The summed E-state index contributed by atoms with van der Waals surface area (Å²) in [5.41, 5.74) is 3.11. The number of hydrogen-bond donors (Lipinski definition) is 0. The first-order chi connectivity index (χ1) is 11.1. The molecule has 0 N–H and O–H groups in total. The number of amides is 1. The number of rotatable bonds is 3. The van der Waals surface area contributed by atoms with Crippen LogP contribution in [0.4, 0.5) is 0 Å². The Morgan fingerprint density at radius 2 is 1.74 bits per heavy atom. The van der Waals surface area contributed by atoms with Gasteiger partial charge in [-0.25, -0.2) is 9.50 Å². The number of carbonyl (C=O) groups is 1. The molecule has 1 aliphatic heterocycles. The minimum atomic E-state index is 0.264. The summed E-state index contributed by atoms with van der Waals surface area (Å²) < 4.78 is 1.79. The molecular formula is C17H25N5O. The lowest BCUT2D eigenvalue weighted by molar-refractivity contribution is -0.131. The molecule has 6 heteroatoms. The van der Waals surface area contributed by atoms with Crippen LogP contribution in [-0.4, -0.2) is 43.5 Å². The van der Waals surface area contributed by atoms with Gasteiger partial charge < -0.3 is 4.90 Å². The molecule has 23 heavy (non-hydrogen) atoms. The van der Waals surface area contributed by atoms with Crippen LogP contribution in [0.3, 0.4) is 0 Å². The maximum atomic E-state index is 12.5. The van der Waals surface area contributed by atoms with Gasteiger partial charge in [0.25, 0.3) is 5.78 Å². The molecule has 124 valence electrons. The highest BCUT2D eigenvalue weighted by Crippen LogP contribution is 2.17. The summed E-state index contributed by atoms with van der Waals surface area (Å²) in [6.45, 7) is 7.71. The van der Waals surface area contributed by atoms with Crippen molar-refractivity contribution in [2.24, 2.45) is 0 Å². The van der Waals surface area contributed by atoms with Crippen LogP contribution in [0.25, 0.3) is 5.78 Å². The maximum Gasteiger partial charge on any atom is 0.252 e. The van der Waals surface area contributed by atoms with E-state index >= 15 is 0 Å². The van der Waals surface area contributed by atoms with E-state index in [9.17, 15) is 4.79 Å². The van der Waals surface area contributed by atoms with E-state index in [0.29, 0.717) is 12.2 Å². The van der Waals surface area contributed by atoms with Gasteiger partial charge in [0.1, 0.15) is 5.82 Å². The Balaban J connectivity index is 1.74. The Morgan fingerprint density at radius 3 is 2.43 bits per heavy atom. The fourth-order valence-electron chi connectivity index (χ4n) is 3.38. The van der Waals surface area contributed by atoms with Crippen LogP contribution in [-0.2, 0) is 11.2 Å². The van der Waals surface area contributed by atoms with Crippen molar-refractivity contribution in [3.63, 3.8) is 0 Å². The van der Waals surface area contributed by atoms with Gasteiger partial charge in [-0.05, 0) is 45.6 Å². The molecule has 2 aromatic rings. The lowest BCUT2D eigenvalue weighted by atomic mass is 10.1. The number of carbonyl (C=O) groups excluding carboxylic acids is 1. The first kappa shape index (κ1) is 15.9. The van der Waals surface area contributed by atoms with Crippen molar-refractivity contribution in [2.45, 2.75) is 59.3 Å². The summed E-state index contributed by atoms with van der Waals surface area (Å²) in [5.74, 6) is 1.62. The average Bonchev–Trinajstić information content (AvgIpc) is 2.74. The third-order valence-electron chi connectivity index (χ3n) is 4.70. The smallest absolute Gasteiger partial charge is 0.252 e. The quantitative estimate of drug-likeness (QED) is 0.872. The number of hydrogen-bond acceptors (Lipinski definition) is 4. The van der Waals surface area contributed by atoms with Gasteiger partial charge in [0.2, 0.25) is 5.91 Å². The van der Waals surface area contributed by atoms with Crippen molar-refractivity contribution in [2.75, 3.05) is 13.1 Å². The molecular weight excluding hydrogens is 290 g/mol. The normalized spacial score (nSPS) is 15.9. The second-order valence-electron chi connectivity index (χ2n) is 6.43. The van der Waals surface area contributed by atoms with Gasteiger partial charge >= 0.3 is 0 Å². The van der Waals surface area contributed by atoms with Crippen LogP contribution in [0.2, 0.25) is 0 Å². The average molecular weight is 315 g/mol. The van der Waals surface area contributed by atoms with Crippen molar-refractivity contribution >= 4 is 11.7 Å². The molecule has 2 aromatic heterocycles. The van der Waals surface area contributed by atoms with E-state index in [1.165, 1.54) is 12.8 Å². The molecule has 0 bridgehead atoms. The summed E-state index contributed by atoms with van der Waals surface area (Å²) in [5, 5.41) is 4.39. The van der Waals surface area contributed by atoms with Gasteiger partial charge in [-0.1, -0.05) is 12.8 Å². The zero-order valence-electron chi connectivity index (χ0n) is 14.3. The Labute approximate surface area is 136 Å².